The van der Waals surface area contributed by atoms with Gasteiger partial charge in [0.25, 0.3) is 0 Å². The third-order valence-electron chi connectivity index (χ3n) is 2.66. The molecule has 3 rings (SSSR count). The lowest BCUT2D eigenvalue weighted by Crippen LogP contribution is -2.21. The average molecular weight is 273 g/mol. The zero-order chi connectivity index (χ0) is 13.2. The van der Waals surface area contributed by atoms with Gasteiger partial charge >= 0.3 is 0 Å². The van der Waals surface area contributed by atoms with Gasteiger partial charge in [0.15, 0.2) is 5.13 Å². The van der Waals surface area contributed by atoms with Crippen LogP contribution in [0.5, 0.6) is 0 Å². The standard InChI is InChI=1S/C12H11N5OS/c13-4-10(18)17-12-16-9(6-19-12)8-5-15-11-7(8)2-1-3-14-11/h1-3,5-6H,4,13H2,(H,14,15)(H,16,17,18). The predicted molar refractivity (Wildman–Crippen MR) is 74.9 cm³/mol. The van der Waals surface area contributed by atoms with Crippen LogP contribution in [0.1, 0.15) is 0 Å². The third-order valence-corrected chi connectivity index (χ3v) is 3.42. The SMILES string of the molecule is NCC(=O)Nc1nc(-c2c[nH]c3ncccc23)cs1. The van der Waals surface area contributed by atoms with Crippen LogP contribution in [0.4, 0.5) is 5.13 Å². The highest BCUT2D eigenvalue weighted by atomic mass is 32.1. The quantitative estimate of drug-likeness (QED) is 0.675. The van der Waals surface area contributed by atoms with Crippen LogP contribution in [-0.2, 0) is 4.79 Å². The summed E-state index contributed by atoms with van der Waals surface area (Å²) in [5.41, 5.74) is 7.83. The van der Waals surface area contributed by atoms with Crippen molar-refractivity contribution in [3.05, 3.63) is 29.9 Å². The molecule has 4 N–H and O–H groups in total. The van der Waals surface area contributed by atoms with E-state index in [9.17, 15) is 4.79 Å². The topological polar surface area (TPSA) is 96.7 Å². The van der Waals surface area contributed by atoms with Gasteiger partial charge in [0.1, 0.15) is 5.65 Å². The molecule has 0 atom stereocenters. The van der Waals surface area contributed by atoms with Gasteiger partial charge in [-0.25, -0.2) is 9.97 Å². The summed E-state index contributed by atoms with van der Waals surface area (Å²) < 4.78 is 0. The second-order valence-electron chi connectivity index (χ2n) is 3.89. The number of nitrogens with one attached hydrogen (secondary N) is 2. The molecule has 3 heterocycles. The van der Waals surface area contributed by atoms with E-state index < -0.39 is 0 Å². The first-order valence-corrected chi connectivity index (χ1v) is 6.54. The maximum atomic E-state index is 11.2. The number of aromatic nitrogens is 3. The maximum Gasteiger partial charge on any atom is 0.239 e. The van der Waals surface area contributed by atoms with Gasteiger partial charge in [-0.3, -0.25) is 4.79 Å². The fourth-order valence-electron chi connectivity index (χ4n) is 1.79. The Morgan fingerprint density at radius 3 is 3.26 bits per heavy atom. The highest BCUT2D eigenvalue weighted by Gasteiger charge is 2.11. The lowest BCUT2D eigenvalue weighted by atomic mass is 10.2. The maximum absolute atomic E-state index is 11.2. The minimum atomic E-state index is -0.249. The first-order valence-electron chi connectivity index (χ1n) is 5.66. The van der Waals surface area contributed by atoms with Crippen molar-refractivity contribution in [3.63, 3.8) is 0 Å². The Morgan fingerprint density at radius 1 is 1.53 bits per heavy atom. The van der Waals surface area contributed by atoms with Crippen LogP contribution in [0, 0.1) is 0 Å². The zero-order valence-electron chi connectivity index (χ0n) is 9.88. The van der Waals surface area contributed by atoms with Crippen LogP contribution in [0.2, 0.25) is 0 Å². The van der Waals surface area contributed by atoms with Crippen LogP contribution < -0.4 is 11.1 Å². The molecular weight excluding hydrogens is 262 g/mol. The molecule has 6 nitrogen and oxygen atoms in total. The number of anilines is 1. The highest BCUT2D eigenvalue weighted by molar-refractivity contribution is 7.14. The summed E-state index contributed by atoms with van der Waals surface area (Å²) in [5, 5.41) is 6.08. The molecule has 7 heteroatoms. The number of carbonyl (C=O) groups excluding carboxylic acids is 1. The van der Waals surface area contributed by atoms with Crippen molar-refractivity contribution in [2.45, 2.75) is 0 Å². The minimum absolute atomic E-state index is 0.0497. The van der Waals surface area contributed by atoms with E-state index >= 15 is 0 Å². The minimum Gasteiger partial charge on any atom is -0.345 e. The number of hydrogen-bond donors (Lipinski definition) is 3. The summed E-state index contributed by atoms with van der Waals surface area (Å²) in [4.78, 5) is 22.9. The predicted octanol–water partition coefficient (Wildman–Crippen LogP) is 1.58. The van der Waals surface area contributed by atoms with Gasteiger partial charge in [-0.1, -0.05) is 0 Å². The molecule has 0 spiro atoms. The van der Waals surface area contributed by atoms with Crippen molar-refractivity contribution in [1.29, 1.82) is 0 Å². The van der Waals surface area contributed by atoms with Crippen LogP contribution >= 0.6 is 11.3 Å². The van der Waals surface area contributed by atoms with Gasteiger partial charge in [0, 0.05) is 28.7 Å². The Morgan fingerprint density at radius 2 is 2.42 bits per heavy atom. The number of pyridine rings is 1. The van der Waals surface area contributed by atoms with E-state index in [4.69, 9.17) is 5.73 Å². The van der Waals surface area contributed by atoms with E-state index in [1.807, 2.05) is 23.7 Å². The summed E-state index contributed by atoms with van der Waals surface area (Å²) in [6, 6.07) is 3.86. The third kappa shape index (κ3) is 2.20. The van der Waals surface area contributed by atoms with E-state index in [0.29, 0.717) is 5.13 Å². The van der Waals surface area contributed by atoms with Gasteiger partial charge in [-0.05, 0) is 12.1 Å². The van der Waals surface area contributed by atoms with Crippen molar-refractivity contribution in [3.8, 4) is 11.3 Å². The Hall–Kier alpha value is -2.25. The van der Waals surface area contributed by atoms with Crippen molar-refractivity contribution < 1.29 is 4.79 Å². The molecule has 3 aromatic heterocycles. The van der Waals surface area contributed by atoms with Crippen LogP contribution in [0.3, 0.4) is 0 Å². The van der Waals surface area contributed by atoms with Crippen LogP contribution in [0.15, 0.2) is 29.9 Å². The second-order valence-corrected chi connectivity index (χ2v) is 4.75. The summed E-state index contributed by atoms with van der Waals surface area (Å²) in [7, 11) is 0. The second kappa shape index (κ2) is 4.79. The molecular formula is C12H11N5OS. The van der Waals surface area contributed by atoms with Crippen molar-refractivity contribution in [2.75, 3.05) is 11.9 Å². The molecule has 1 amide bonds. The van der Waals surface area contributed by atoms with Crippen molar-refractivity contribution >= 4 is 33.4 Å². The van der Waals surface area contributed by atoms with Gasteiger partial charge < -0.3 is 16.0 Å². The average Bonchev–Trinajstić information content (AvgIpc) is 3.04. The van der Waals surface area contributed by atoms with Gasteiger partial charge in [-0.15, -0.1) is 11.3 Å². The van der Waals surface area contributed by atoms with E-state index in [1.165, 1.54) is 11.3 Å². The zero-order valence-corrected chi connectivity index (χ0v) is 10.7. The highest BCUT2D eigenvalue weighted by Crippen LogP contribution is 2.30. The van der Waals surface area contributed by atoms with E-state index in [1.54, 1.807) is 6.20 Å². The number of hydrogen-bond acceptors (Lipinski definition) is 5. The number of H-pyrrole nitrogens is 1. The van der Waals surface area contributed by atoms with Gasteiger partial charge in [-0.2, -0.15) is 0 Å². The Bertz CT molecular complexity index is 732. The normalized spacial score (nSPS) is 10.8. The molecule has 96 valence electrons. The molecule has 0 aliphatic carbocycles. The van der Waals surface area contributed by atoms with Crippen LogP contribution in [0.25, 0.3) is 22.3 Å². The molecule has 0 aliphatic heterocycles. The molecule has 0 radical (unpaired) electrons. The monoisotopic (exact) mass is 273 g/mol. The summed E-state index contributed by atoms with van der Waals surface area (Å²) in [6.45, 7) is -0.0497. The van der Waals surface area contributed by atoms with Crippen molar-refractivity contribution in [2.24, 2.45) is 5.73 Å². The largest absolute Gasteiger partial charge is 0.345 e. The number of fused-ring (bicyclic) bond motifs is 1. The molecule has 19 heavy (non-hydrogen) atoms. The smallest absolute Gasteiger partial charge is 0.239 e. The molecule has 0 unspecified atom stereocenters. The molecule has 0 fully saturated rings. The molecule has 3 aromatic rings. The van der Waals surface area contributed by atoms with Gasteiger partial charge in [0.05, 0.1) is 12.2 Å². The summed E-state index contributed by atoms with van der Waals surface area (Å²) in [5.74, 6) is -0.249. The Kier molecular flexibility index (Phi) is 2.98. The summed E-state index contributed by atoms with van der Waals surface area (Å²) >= 11 is 1.37. The Labute approximate surface area is 112 Å². The summed E-state index contributed by atoms with van der Waals surface area (Å²) in [6.07, 6.45) is 3.60. The first-order chi connectivity index (χ1) is 9.28. The number of nitrogens with two attached hydrogens (primary N) is 1. The number of aromatic amines is 1. The Balaban J connectivity index is 1.96. The first kappa shape index (κ1) is 11.8. The van der Waals surface area contributed by atoms with Crippen molar-refractivity contribution in [1.82, 2.24) is 15.0 Å². The lowest BCUT2D eigenvalue weighted by molar-refractivity contribution is -0.114. The number of rotatable bonds is 3. The molecule has 0 aromatic carbocycles. The molecule has 0 saturated heterocycles. The van der Waals surface area contributed by atoms with E-state index in [-0.39, 0.29) is 12.5 Å². The molecule has 0 saturated carbocycles. The number of nitrogens with zero attached hydrogens (tertiary/aromatic N) is 2. The van der Waals surface area contributed by atoms with Gasteiger partial charge in [0.2, 0.25) is 5.91 Å². The number of thiazole rings is 1. The number of amides is 1. The molecule has 0 bridgehead atoms. The molecule has 0 aliphatic rings. The van der Waals surface area contributed by atoms with E-state index in [2.05, 4.69) is 20.3 Å². The number of carbonyl (C=O) groups is 1. The fraction of sp³-hybridized carbons (Fsp3) is 0.0833. The van der Waals surface area contributed by atoms with E-state index in [0.717, 1.165) is 22.3 Å². The van der Waals surface area contributed by atoms with Crippen LogP contribution in [-0.4, -0.2) is 27.4 Å². The lowest BCUT2D eigenvalue weighted by Gasteiger charge is -1.96. The fourth-order valence-corrected chi connectivity index (χ4v) is 2.52.